The van der Waals surface area contributed by atoms with E-state index in [1.165, 1.54) is 25.0 Å². The molecule has 112 valence electrons. The molecule has 1 aliphatic rings. The van der Waals surface area contributed by atoms with Gasteiger partial charge in [0.1, 0.15) is 11.6 Å². The predicted molar refractivity (Wildman–Crippen MR) is 77.7 cm³/mol. The Labute approximate surface area is 120 Å². The van der Waals surface area contributed by atoms with E-state index in [2.05, 4.69) is 17.1 Å². The molecule has 1 N–H and O–H groups in total. The Bertz CT molecular complexity index is 412. The van der Waals surface area contributed by atoms with Crippen LogP contribution in [0, 0.1) is 11.6 Å². The van der Waals surface area contributed by atoms with E-state index in [9.17, 15) is 8.78 Å². The van der Waals surface area contributed by atoms with Gasteiger partial charge in [-0.05, 0) is 50.0 Å². The molecule has 0 radical (unpaired) electrons. The zero-order valence-corrected chi connectivity index (χ0v) is 12.3. The Morgan fingerprint density at radius 3 is 2.35 bits per heavy atom. The van der Waals surface area contributed by atoms with E-state index in [1.54, 1.807) is 0 Å². The van der Waals surface area contributed by atoms with E-state index in [1.807, 2.05) is 6.92 Å². The fraction of sp³-hybridized carbons (Fsp3) is 0.625. The van der Waals surface area contributed by atoms with Crippen LogP contribution in [-0.4, -0.2) is 30.6 Å². The number of rotatable bonds is 8. The predicted octanol–water partition coefficient (Wildman–Crippen LogP) is 3.49. The Hall–Kier alpha value is -1.00. The normalized spacial score (nSPS) is 16.6. The summed E-state index contributed by atoms with van der Waals surface area (Å²) in [4.78, 5) is 2.46. The molecule has 1 saturated carbocycles. The van der Waals surface area contributed by atoms with Crippen LogP contribution >= 0.6 is 0 Å². The topological polar surface area (TPSA) is 15.3 Å². The van der Waals surface area contributed by atoms with Crippen molar-refractivity contribution in [2.45, 2.75) is 45.2 Å². The first-order chi connectivity index (χ1) is 9.63. The molecule has 0 aromatic heterocycles. The van der Waals surface area contributed by atoms with Gasteiger partial charge in [-0.25, -0.2) is 8.78 Å². The smallest absolute Gasteiger partial charge is 0.126 e. The van der Waals surface area contributed by atoms with Gasteiger partial charge in [-0.1, -0.05) is 13.8 Å². The molecule has 0 heterocycles. The van der Waals surface area contributed by atoms with Crippen LogP contribution in [0.25, 0.3) is 0 Å². The molecule has 0 spiro atoms. The van der Waals surface area contributed by atoms with Crippen molar-refractivity contribution in [1.29, 1.82) is 0 Å². The van der Waals surface area contributed by atoms with Crippen LogP contribution in [0.5, 0.6) is 0 Å². The maximum Gasteiger partial charge on any atom is 0.126 e. The summed E-state index contributed by atoms with van der Waals surface area (Å²) in [5.74, 6) is -1.00. The second-order valence-corrected chi connectivity index (χ2v) is 5.46. The third-order valence-corrected chi connectivity index (χ3v) is 3.91. The van der Waals surface area contributed by atoms with Crippen LogP contribution in [0.1, 0.15) is 44.7 Å². The summed E-state index contributed by atoms with van der Waals surface area (Å²) < 4.78 is 26.7. The largest absolute Gasteiger partial charge is 0.310 e. The Kier molecular flexibility index (Phi) is 5.49. The first-order valence-corrected chi connectivity index (χ1v) is 7.57. The van der Waals surface area contributed by atoms with E-state index >= 15 is 0 Å². The zero-order valence-electron chi connectivity index (χ0n) is 12.3. The summed E-state index contributed by atoms with van der Waals surface area (Å²) in [5, 5.41) is 3.33. The molecule has 2 nitrogen and oxygen atoms in total. The average Bonchev–Trinajstić information content (AvgIpc) is 3.21. The number of halogens is 2. The number of benzene rings is 1. The van der Waals surface area contributed by atoms with Gasteiger partial charge in [-0.2, -0.15) is 0 Å². The number of nitrogens with one attached hydrogen (secondary N) is 1. The molecule has 2 rings (SSSR count). The lowest BCUT2D eigenvalue weighted by Crippen LogP contribution is -2.31. The van der Waals surface area contributed by atoms with E-state index in [4.69, 9.17) is 0 Å². The van der Waals surface area contributed by atoms with E-state index in [-0.39, 0.29) is 6.04 Å². The number of hydrogen-bond acceptors (Lipinski definition) is 2. The third kappa shape index (κ3) is 4.25. The van der Waals surface area contributed by atoms with Crippen molar-refractivity contribution in [2.75, 3.05) is 19.6 Å². The lowest BCUT2D eigenvalue weighted by atomic mass is 10.0. The summed E-state index contributed by atoms with van der Waals surface area (Å²) in [7, 11) is 0. The maximum absolute atomic E-state index is 13.4. The van der Waals surface area contributed by atoms with Gasteiger partial charge in [0, 0.05) is 24.7 Å². The van der Waals surface area contributed by atoms with Gasteiger partial charge in [0.25, 0.3) is 0 Å². The van der Waals surface area contributed by atoms with Crippen molar-refractivity contribution >= 4 is 0 Å². The van der Waals surface area contributed by atoms with Crippen LogP contribution in [-0.2, 0) is 0 Å². The Morgan fingerprint density at radius 1 is 1.20 bits per heavy atom. The molecule has 1 aromatic carbocycles. The fourth-order valence-corrected chi connectivity index (χ4v) is 2.74. The van der Waals surface area contributed by atoms with E-state index < -0.39 is 11.6 Å². The van der Waals surface area contributed by atoms with Gasteiger partial charge in [0.15, 0.2) is 0 Å². The minimum atomic E-state index is -0.502. The minimum Gasteiger partial charge on any atom is -0.310 e. The molecule has 0 aliphatic heterocycles. The highest BCUT2D eigenvalue weighted by Gasteiger charge is 2.28. The number of hydrogen-bond donors (Lipinski definition) is 1. The average molecular weight is 282 g/mol. The molecule has 4 heteroatoms. The summed E-state index contributed by atoms with van der Waals surface area (Å²) >= 11 is 0. The highest BCUT2D eigenvalue weighted by atomic mass is 19.1. The van der Waals surface area contributed by atoms with Gasteiger partial charge in [0.05, 0.1) is 0 Å². The van der Waals surface area contributed by atoms with Crippen LogP contribution in [0.3, 0.4) is 0 Å². The monoisotopic (exact) mass is 282 g/mol. The van der Waals surface area contributed by atoms with Gasteiger partial charge >= 0.3 is 0 Å². The molecule has 1 fully saturated rings. The molecule has 20 heavy (non-hydrogen) atoms. The van der Waals surface area contributed by atoms with Gasteiger partial charge < -0.3 is 10.2 Å². The van der Waals surface area contributed by atoms with Gasteiger partial charge in [-0.3, -0.25) is 0 Å². The fourth-order valence-electron chi connectivity index (χ4n) is 2.74. The van der Waals surface area contributed by atoms with E-state index in [0.717, 1.165) is 38.2 Å². The molecule has 1 atom stereocenters. The molecule has 1 aliphatic carbocycles. The van der Waals surface area contributed by atoms with Gasteiger partial charge in [0.2, 0.25) is 0 Å². The summed E-state index contributed by atoms with van der Waals surface area (Å²) in [6.45, 7) is 6.99. The van der Waals surface area contributed by atoms with Crippen molar-refractivity contribution in [3.05, 3.63) is 35.4 Å². The van der Waals surface area contributed by atoms with Crippen LogP contribution in [0.2, 0.25) is 0 Å². The quantitative estimate of drug-likeness (QED) is 0.785. The minimum absolute atomic E-state index is 0.0120. The zero-order chi connectivity index (χ0) is 14.5. The molecular weight excluding hydrogens is 258 g/mol. The SMILES string of the molecule is CCNC(CCN(CC)C1CC1)c1cc(F)cc(F)c1. The number of nitrogens with zero attached hydrogens (tertiary/aromatic N) is 1. The van der Waals surface area contributed by atoms with Crippen molar-refractivity contribution in [3.63, 3.8) is 0 Å². The molecule has 1 aromatic rings. The molecule has 1 unspecified atom stereocenters. The molecule has 0 saturated heterocycles. The lowest BCUT2D eigenvalue weighted by Gasteiger charge is -2.24. The summed E-state index contributed by atoms with van der Waals surface area (Å²) in [5.41, 5.74) is 0.705. The standard InChI is InChI=1S/C16H24F2N2/c1-3-19-16(7-8-20(4-2)15-5-6-15)12-9-13(17)11-14(18)10-12/h9-11,15-16,19H,3-8H2,1-2H3. The van der Waals surface area contributed by atoms with E-state index in [0.29, 0.717) is 5.56 Å². The summed E-state index contributed by atoms with van der Waals surface area (Å²) in [6, 6.07) is 4.53. The second-order valence-electron chi connectivity index (χ2n) is 5.46. The van der Waals surface area contributed by atoms with Crippen LogP contribution in [0.4, 0.5) is 8.78 Å². The maximum atomic E-state index is 13.4. The highest BCUT2D eigenvalue weighted by molar-refractivity contribution is 5.21. The van der Waals surface area contributed by atoms with Crippen LogP contribution < -0.4 is 5.32 Å². The molecule has 0 amide bonds. The van der Waals surface area contributed by atoms with Crippen LogP contribution in [0.15, 0.2) is 18.2 Å². The van der Waals surface area contributed by atoms with Crippen molar-refractivity contribution < 1.29 is 8.78 Å². The van der Waals surface area contributed by atoms with Crippen molar-refractivity contribution in [1.82, 2.24) is 10.2 Å². The first kappa shape index (κ1) is 15.4. The molecular formula is C16H24F2N2. The van der Waals surface area contributed by atoms with Crippen molar-refractivity contribution in [3.8, 4) is 0 Å². The van der Waals surface area contributed by atoms with Gasteiger partial charge in [-0.15, -0.1) is 0 Å². The summed E-state index contributed by atoms with van der Waals surface area (Å²) in [6.07, 6.45) is 3.45. The highest BCUT2D eigenvalue weighted by Crippen LogP contribution is 2.28. The molecule has 0 bridgehead atoms. The Morgan fingerprint density at radius 2 is 1.85 bits per heavy atom. The Balaban J connectivity index is 2.01. The first-order valence-electron chi connectivity index (χ1n) is 7.57. The third-order valence-electron chi connectivity index (χ3n) is 3.91. The van der Waals surface area contributed by atoms with Crippen molar-refractivity contribution in [2.24, 2.45) is 0 Å². The second kappa shape index (κ2) is 7.14. The lowest BCUT2D eigenvalue weighted by molar-refractivity contribution is 0.259.